The maximum atomic E-state index is 12.3. The standard InChI is InChI=1S/C13H14N2O3.C12H15NO4S.C12H15NO2S.C9H18N2O4S.C8H7ClO2.C5H10S.C4H10N2O2S.C4H9NO2S.CHCl3.CH4O.Na.2H2O/c1-13(2,3)17-12(16)15-11(18-15)9-5-7-10(14-4)8-6-9;14-12(13-6-8-18(15,16)9-7-13)17-10-11-4-2-1-3-5-11;14-12(13-6-8-16-9-7-13)15-10-11-4-2-1-3-5-11;1-9(2,3)15-8(12)10-11-4-6-16(13,14)7-5-11;9-8(10)11-6-7-4-2-1-3-5-7;1-2-4-6-5-3-1;5-6-1-3-9(7,8)4-2-6;6-8(7)3-1-5-2-4-8;2-1(3)4;1-2;;;/h5-8,11H,1-3H3;1-5H,6-10H2;1-5H,6-10H2;4-7H2,1-3H3,(H,10,12);1-5H,6H2;1-5H2;1-5H2;5H,1-4H2;1H;2H,1H3;;2*1H2/q;;;;;;;;;;+1;;/p-2/i;2*6D2,7D2,8D2,9D2;4D2,5D2,6D2,7D2;;2D2,3D2,4D2,5D2;2*1D2,2D2,3D2,4D2;;;;;. The fourth-order valence-corrected chi connectivity index (χ4v) is 8.37. The van der Waals surface area contributed by atoms with Gasteiger partial charge in [-0.15, -0.1) is 5.06 Å². The average molecular weight is 1820 g/mol. The van der Waals surface area contributed by atoms with Crippen molar-refractivity contribution in [3.63, 3.8) is 0 Å². The Morgan fingerprint density at radius 2 is 0.937 bits per heavy atom. The number of halogens is 4. The second-order valence-electron chi connectivity index (χ2n) is 20.5. The van der Waals surface area contributed by atoms with Gasteiger partial charge in [0.25, 0.3) is 0 Å². The fraction of sp³-hybridized carbons (Fsp3) is 0.565. The van der Waals surface area contributed by atoms with Crippen LogP contribution in [0.4, 0.5) is 29.7 Å². The Kier molecular flexibility index (Phi) is 26.6. The molecule has 111 heavy (non-hydrogen) atoms. The second-order valence-corrected chi connectivity index (χ2v) is 29.7. The molecule has 0 aliphatic carbocycles. The van der Waals surface area contributed by atoms with E-state index in [1.54, 1.807) is 111 Å². The van der Waals surface area contributed by atoms with E-state index in [-0.39, 0.29) is 92.2 Å². The molecular weight excluding hydrogens is 1660 g/mol. The van der Waals surface area contributed by atoms with Gasteiger partial charge in [0, 0.05) is 155 Å². The number of benzene rings is 4. The van der Waals surface area contributed by atoms with Crippen molar-refractivity contribution in [1.29, 1.82) is 0 Å². The van der Waals surface area contributed by atoms with Gasteiger partial charge in [0.15, 0.2) is 49.3 Å². The molecule has 7 aliphatic rings. The van der Waals surface area contributed by atoms with E-state index >= 15 is 0 Å². The van der Waals surface area contributed by atoms with Gasteiger partial charge in [-0.1, -0.05) is 156 Å². The van der Waals surface area contributed by atoms with Crippen molar-refractivity contribution in [2.75, 3.05) is 141 Å². The van der Waals surface area contributed by atoms with E-state index < -0.39 is 255 Å². The number of aliphatic hydroxyl groups is 1. The van der Waals surface area contributed by atoms with Crippen LogP contribution in [0, 0.1) is 6.57 Å². The van der Waals surface area contributed by atoms with E-state index in [4.69, 9.17) is 154 Å². The largest absolute Gasteiger partial charge is 1.00 e. The summed E-state index contributed by atoms with van der Waals surface area (Å²) in [7, 11) is -20.9. The number of carbonyl (C=O) groups excluding carboxylic acids is 5. The van der Waals surface area contributed by atoms with Crippen LogP contribution in [-0.4, -0.2) is 260 Å². The molecule has 7 aliphatic heterocycles. The number of hydrogen-bond acceptors (Lipinski definition) is 28. The summed E-state index contributed by atoms with van der Waals surface area (Å²) in [5.41, 5.74) is -38.0. The van der Waals surface area contributed by atoms with Crippen LogP contribution in [0.25, 0.3) is 4.85 Å². The summed E-state index contributed by atoms with van der Waals surface area (Å²) in [4.78, 5) is 66.0. The van der Waals surface area contributed by atoms with Crippen LogP contribution in [0.2, 0.25) is 0 Å². The molecule has 7 N–H and O–H groups in total. The van der Waals surface area contributed by atoms with Gasteiger partial charge in [0.1, 0.15) is 31.0 Å². The number of hydroxylamine groups is 2. The second kappa shape index (κ2) is 58.2. The smallest absolute Gasteiger partial charge is 0.870 e. The minimum Gasteiger partial charge on any atom is -0.870 e. The van der Waals surface area contributed by atoms with Crippen LogP contribution in [0.15, 0.2) is 115 Å². The number of amides is 4. The van der Waals surface area contributed by atoms with Crippen LogP contribution in [-0.2, 0) is 87.7 Å². The molecule has 0 aromatic heterocycles. The number of aliphatic hydroxyl groups excluding tert-OH is 1. The van der Waals surface area contributed by atoms with E-state index in [0.717, 1.165) is 18.2 Å². The monoisotopic (exact) mass is 1810 g/mol. The summed E-state index contributed by atoms with van der Waals surface area (Å²) < 4.78 is 475. The molecule has 4 amide bonds. The Bertz CT molecular complexity index is 5950. The van der Waals surface area contributed by atoms with E-state index in [0.29, 0.717) is 16.8 Å². The minimum absolute atomic E-state index is 0. The molecule has 1 atom stereocenters. The van der Waals surface area contributed by atoms with Crippen LogP contribution < -0.4 is 46.1 Å². The van der Waals surface area contributed by atoms with Crippen LogP contribution in [0.1, 0.15) is 155 Å². The predicted octanol–water partition coefficient (Wildman–Crippen LogP) is 7.31. The van der Waals surface area contributed by atoms with Crippen LogP contribution in [0.5, 0.6) is 0 Å². The quantitative estimate of drug-likeness (QED) is 0.0255. The first-order chi connectivity index (χ1) is 68.9. The van der Waals surface area contributed by atoms with Crippen molar-refractivity contribution >= 4 is 145 Å². The van der Waals surface area contributed by atoms with Crippen molar-refractivity contribution in [1.82, 2.24) is 35.6 Å². The van der Waals surface area contributed by atoms with Crippen molar-refractivity contribution in [2.24, 2.45) is 5.84 Å². The van der Waals surface area contributed by atoms with Crippen LogP contribution >= 0.6 is 69.9 Å². The first-order valence-corrected chi connectivity index (χ1v) is 38.1. The molecule has 7 saturated heterocycles. The molecule has 7 heterocycles. The summed E-state index contributed by atoms with van der Waals surface area (Å²) in [5, 5.41) is 8.87. The zero-order valence-electron chi connectivity index (χ0n) is 107. The predicted molar refractivity (Wildman–Crippen MR) is 430 cm³/mol. The number of nitrogens with two attached hydrogens (primary N) is 1. The SMILES string of the molecule is CO.ClC(Cl)Cl.O=C(Cl)OCc1ccccc1.[2H]C1([2H])CC([2H])([2H])C([2H])([2H])SC1([2H])[2H].[2H]C1([2H])N(C(=O)OCc2ccccc2)C([2H])([2H])C([2H])([2H])S(=O)(=O)C1([2H])[2H].[2H]C1([2H])N(N)C([2H])([2H])C([2H])([2H])S(=O)(=O)C1([2H])[2H].[2H]C1([2H])N(NC(=O)OC(C)(C)C)C([2H])([2H])C([2H])([2H])S(=O)(=O)C1([2H])[2H].[2H]C1([2H])NC([2H])([2H])C([2H])([2H])S(=O)(=O)C1([2H])[2H].[2H]C1([2H])SC([2H])([2H])C([2H])([2H])N(C(=O)OCc2ccccc2)C1([2H])[2H].[C-]#[N+]c1ccc(C2ON2C(=O)OC(C)(C)C)cc1.[Na+].[OH-].[OH-]. The first kappa shape index (κ1) is 50.8. The number of carbonyl (C=O) groups is 5. The molecule has 1 unspecified atom stereocenters. The van der Waals surface area contributed by atoms with Gasteiger partial charge in [0.05, 0.1) is 63.2 Å². The molecule has 4 aromatic rings. The first-order valence-electron chi connectivity index (χ1n) is 52.8. The summed E-state index contributed by atoms with van der Waals surface area (Å²) in [6.07, 6.45) is -11.0. The molecule has 4 aromatic carbocycles. The molecular formula is C69H105Cl4N9NaO22S6-. The number of alkyl halides is 3. The molecule has 0 spiro atoms. The van der Waals surface area contributed by atoms with Crippen molar-refractivity contribution in [2.45, 2.75) is 102 Å². The Labute approximate surface area is 772 Å². The summed E-state index contributed by atoms with van der Waals surface area (Å²) in [5.74, 6) is 5.00. The van der Waals surface area contributed by atoms with Crippen molar-refractivity contribution in [3.05, 3.63) is 149 Å². The van der Waals surface area contributed by atoms with E-state index in [2.05, 4.69) is 9.58 Å². The third-order valence-electron chi connectivity index (χ3n) is 9.94. The minimum atomic E-state index is -5.62. The molecule has 0 bridgehead atoms. The van der Waals surface area contributed by atoms with Crippen molar-refractivity contribution < 1.29 is 198 Å². The number of nitrogens with zero attached hydrogens (tertiary/aromatic N) is 6. The van der Waals surface area contributed by atoms with Gasteiger partial charge in [-0.2, -0.15) is 23.5 Å². The number of hydrogen-bond donors (Lipinski definition) is 4. The van der Waals surface area contributed by atoms with Gasteiger partial charge in [0.2, 0.25) is 6.23 Å². The summed E-state index contributed by atoms with van der Waals surface area (Å²) >= 11 is 19.3. The van der Waals surface area contributed by atoms with E-state index in [1.807, 2.05) is 30.3 Å². The Hall–Kier alpha value is -4.74. The van der Waals surface area contributed by atoms with Gasteiger partial charge in [-0.25, -0.2) is 77.3 Å². The summed E-state index contributed by atoms with van der Waals surface area (Å²) in [6, 6.07) is 32.7. The maximum absolute atomic E-state index is 12.3. The molecule has 0 saturated carbocycles. The number of rotatable bonds is 8. The number of thioether (sulfide) groups is 2. The van der Waals surface area contributed by atoms with E-state index in [1.165, 1.54) is 31.2 Å². The Morgan fingerprint density at radius 1 is 0.577 bits per heavy atom. The summed E-state index contributed by atoms with van der Waals surface area (Å²) in [6.45, 7) is -18.0. The number of sulfone groups is 4. The topological polar surface area (TPSA) is 431 Å². The maximum Gasteiger partial charge on any atom is 1.00 e. The zero-order valence-corrected chi connectivity index (χ0v) is 68.7. The molecule has 31 nitrogen and oxygen atoms in total. The van der Waals surface area contributed by atoms with E-state index in [9.17, 15) is 57.6 Å². The zero-order chi connectivity index (χ0) is 124. The van der Waals surface area contributed by atoms with Crippen molar-refractivity contribution in [3.8, 4) is 0 Å². The number of ether oxygens (including phenoxy) is 5. The average Bonchev–Trinajstić information content (AvgIpc) is 0.855. The van der Waals surface area contributed by atoms with Gasteiger partial charge in [-0.3, -0.25) is 11.3 Å². The Morgan fingerprint density at radius 3 is 1.32 bits per heavy atom. The van der Waals surface area contributed by atoms with Gasteiger partial charge in [-0.05, 0) is 82.4 Å². The third kappa shape index (κ3) is 55.5. The molecule has 624 valence electrons. The van der Waals surface area contributed by atoms with Gasteiger partial charge >= 0.3 is 59.4 Å². The molecule has 0 radical (unpaired) electrons. The number of nitrogens with one attached hydrogen (secondary N) is 2. The molecule has 7 fully saturated rings. The van der Waals surface area contributed by atoms with Gasteiger partial charge < -0.3 is 54.9 Å². The Balaban J connectivity index is 0. The number of hydrazine groups is 2. The molecule has 42 heteroatoms. The van der Waals surface area contributed by atoms with Crippen LogP contribution in [0.3, 0.4) is 0 Å². The molecule has 11 rings (SSSR count). The fourth-order valence-electron chi connectivity index (χ4n) is 5.80. The third-order valence-corrected chi connectivity index (χ3v) is 13.8. The normalized spacial score (nSPS) is 35.4.